The molecular formula is C27H30O4. The summed E-state index contributed by atoms with van der Waals surface area (Å²) < 4.78 is 4.66. The van der Waals surface area contributed by atoms with Gasteiger partial charge in [0.05, 0.1) is 7.11 Å². The summed E-state index contributed by atoms with van der Waals surface area (Å²) in [6, 6.07) is 14.3. The number of ketones is 1. The molecule has 0 saturated heterocycles. The molecule has 2 aromatic rings. The summed E-state index contributed by atoms with van der Waals surface area (Å²) >= 11 is 0. The third-order valence-electron chi connectivity index (χ3n) is 6.32. The van der Waals surface area contributed by atoms with Gasteiger partial charge in [-0.3, -0.25) is 4.79 Å². The fourth-order valence-corrected chi connectivity index (χ4v) is 4.27. The first kappa shape index (κ1) is 22.7. The summed E-state index contributed by atoms with van der Waals surface area (Å²) in [4.78, 5) is 24.5. The molecular weight excluding hydrogens is 388 g/mol. The van der Waals surface area contributed by atoms with Gasteiger partial charge in [-0.15, -0.1) is 0 Å². The zero-order valence-corrected chi connectivity index (χ0v) is 18.9. The van der Waals surface area contributed by atoms with E-state index >= 15 is 0 Å². The van der Waals surface area contributed by atoms with E-state index in [1.807, 2.05) is 39.0 Å². The van der Waals surface area contributed by atoms with E-state index in [4.69, 9.17) is 0 Å². The molecule has 1 atom stereocenters. The normalized spacial score (nSPS) is 21.7. The van der Waals surface area contributed by atoms with Gasteiger partial charge in [0.1, 0.15) is 5.60 Å². The van der Waals surface area contributed by atoms with Gasteiger partial charge in [-0.2, -0.15) is 0 Å². The first-order valence-electron chi connectivity index (χ1n) is 10.5. The number of ether oxygens (including phenoxy) is 1. The van der Waals surface area contributed by atoms with Gasteiger partial charge in [0, 0.05) is 29.9 Å². The Bertz CT molecular complexity index is 1120. The van der Waals surface area contributed by atoms with Gasteiger partial charge < -0.3 is 9.84 Å². The van der Waals surface area contributed by atoms with Gasteiger partial charge in [-0.05, 0) is 47.4 Å². The largest absolute Gasteiger partial charge is 0.466 e. The van der Waals surface area contributed by atoms with E-state index in [1.165, 1.54) is 13.2 Å². The van der Waals surface area contributed by atoms with Crippen molar-refractivity contribution in [2.75, 3.05) is 7.11 Å². The highest BCUT2D eigenvalue weighted by atomic mass is 16.5. The maximum absolute atomic E-state index is 13.0. The number of methoxy groups -OCH3 is 1. The molecule has 1 N–H and O–H groups in total. The molecule has 3 rings (SSSR count). The van der Waals surface area contributed by atoms with Crippen molar-refractivity contribution in [2.24, 2.45) is 5.41 Å². The van der Waals surface area contributed by atoms with E-state index in [1.54, 1.807) is 19.1 Å². The summed E-state index contributed by atoms with van der Waals surface area (Å²) in [5.74, 6) is -0.382. The lowest BCUT2D eigenvalue weighted by Crippen LogP contribution is -2.49. The number of hydrogen-bond donors (Lipinski definition) is 1. The van der Waals surface area contributed by atoms with Crippen molar-refractivity contribution in [3.05, 3.63) is 83.0 Å². The minimum absolute atomic E-state index is 0.0653. The molecule has 0 amide bonds. The molecule has 0 aliphatic heterocycles. The number of rotatable bonds is 5. The van der Waals surface area contributed by atoms with Gasteiger partial charge in [-0.1, -0.05) is 62.4 Å². The summed E-state index contributed by atoms with van der Waals surface area (Å²) in [6.07, 6.45) is 5.50. The highest BCUT2D eigenvalue weighted by molar-refractivity contribution is 5.99. The Morgan fingerprint density at radius 2 is 1.84 bits per heavy atom. The predicted molar refractivity (Wildman–Crippen MR) is 124 cm³/mol. The first-order valence-corrected chi connectivity index (χ1v) is 10.5. The lowest BCUT2D eigenvalue weighted by molar-refractivity contribution is -0.134. The first-order chi connectivity index (χ1) is 14.6. The fraction of sp³-hybridized carbons (Fsp3) is 0.333. The molecule has 0 radical (unpaired) electrons. The van der Waals surface area contributed by atoms with Crippen molar-refractivity contribution in [2.45, 2.75) is 46.1 Å². The van der Waals surface area contributed by atoms with Crippen LogP contribution < -0.4 is 0 Å². The zero-order chi connectivity index (χ0) is 22.8. The van der Waals surface area contributed by atoms with Gasteiger partial charge in [0.2, 0.25) is 0 Å². The Kier molecular flexibility index (Phi) is 6.33. The molecule has 1 aliphatic carbocycles. The van der Waals surface area contributed by atoms with E-state index in [9.17, 15) is 14.7 Å². The molecule has 162 valence electrons. The lowest BCUT2D eigenvalue weighted by atomic mass is 9.62. The maximum Gasteiger partial charge on any atom is 0.330 e. The molecule has 1 aliphatic rings. The summed E-state index contributed by atoms with van der Waals surface area (Å²) in [5.41, 5.74) is 1.02. The van der Waals surface area contributed by atoms with Crippen molar-refractivity contribution >= 4 is 22.5 Å². The van der Waals surface area contributed by atoms with E-state index in [0.29, 0.717) is 23.1 Å². The van der Waals surface area contributed by atoms with Crippen LogP contribution in [0.1, 0.15) is 39.7 Å². The van der Waals surface area contributed by atoms with Crippen LogP contribution in [0.2, 0.25) is 0 Å². The van der Waals surface area contributed by atoms with Crippen LogP contribution in [0.15, 0.2) is 77.4 Å². The van der Waals surface area contributed by atoms with Crippen LogP contribution >= 0.6 is 0 Å². The van der Waals surface area contributed by atoms with Crippen LogP contribution in [0, 0.1) is 5.41 Å². The van der Waals surface area contributed by atoms with Crippen LogP contribution in [0.25, 0.3) is 10.8 Å². The number of aliphatic hydroxyl groups is 1. The number of carbonyl (C=O) groups is 2. The SMILES string of the molecule is COC(=O)/C=C(C)\C=C\[C@@]1(O)C(C)=C(Cc2ccc3ccccc3c2)C(=O)CC1(C)C. The number of hydrogen-bond acceptors (Lipinski definition) is 4. The molecule has 4 heteroatoms. The van der Waals surface area contributed by atoms with Gasteiger partial charge in [-0.25, -0.2) is 4.79 Å². The van der Waals surface area contributed by atoms with Crippen molar-refractivity contribution in [1.82, 2.24) is 0 Å². The van der Waals surface area contributed by atoms with Crippen molar-refractivity contribution < 1.29 is 19.4 Å². The monoisotopic (exact) mass is 418 g/mol. The van der Waals surface area contributed by atoms with Gasteiger partial charge >= 0.3 is 5.97 Å². The van der Waals surface area contributed by atoms with Gasteiger partial charge in [0.15, 0.2) is 5.78 Å². The molecule has 0 heterocycles. The molecule has 2 aromatic carbocycles. The molecule has 0 unspecified atom stereocenters. The second kappa shape index (κ2) is 8.64. The number of esters is 1. The minimum atomic E-state index is -1.31. The summed E-state index contributed by atoms with van der Waals surface area (Å²) in [5, 5.41) is 14.0. The Balaban J connectivity index is 2.01. The van der Waals surface area contributed by atoms with Crippen LogP contribution in [0.4, 0.5) is 0 Å². The fourth-order valence-electron chi connectivity index (χ4n) is 4.27. The topological polar surface area (TPSA) is 63.6 Å². The van der Waals surface area contributed by atoms with Crippen LogP contribution in [-0.2, 0) is 20.7 Å². The summed E-state index contributed by atoms with van der Waals surface area (Å²) in [7, 11) is 1.32. The number of allylic oxidation sites excluding steroid dienone is 3. The Morgan fingerprint density at radius 1 is 1.16 bits per heavy atom. The molecule has 4 nitrogen and oxygen atoms in total. The average Bonchev–Trinajstić information content (AvgIpc) is 2.73. The number of benzene rings is 2. The summed E-state index contributed by atoms with van der Waals surface area (Å²) in [6.45, 7) is 7.39. The molecule has 31 heavy (non-hydrogen) atoms. The van der Waals surface area contributed by atoms with Crippen LogP contribution in [-0.4, -0.2) is 29.6 Å². The predicted octanol–water partition coefficient (Wildman–Crippen LogP) is 5.10. The van der Waals surface area contributed by atoms with Gasteiger partial charge in [0.25, 0.3) is 0 Å². The van der Waals surface area contributed by atoms with Crippen LogP contribution in [0.5, 0.6) is 0 Å². The van der Waals surface area contributed by atoms with Crippen molar-refractivity contribution in [3.8, 4) is 0 Å². The molecule has 0 bridgehead atoms. The third kappa shape index (κ3) is 4.54. The highest BCUT2D eigenvalue weighted by Gasteiger charge is 2.49. The Labute approximate surface area is 183 Å². The average molecular weight is 419 g/mol. The second-order valence-electron chi connectivity index (χ2n) is 8.96. The van der Waals surface area contributed by atoms with E-state index in [0.717, 1.165) is 16.3 Å². The number of fused-ring (bicyclic) bond motifs is 1. The molecule has 0 spiro atoms. The van der Waals surface area contributed by atoms with Crippen molar-refractivity contribution in [1.29, 1.82) is 0 Å². The second-order valence-corrected chi connectivity index (χ2v) is 8.96. The Morgan fingerprint density at radius 3 is 2.52 bits per heavy atom. The lowest BCUT2D eigenvalue weighted by Gasteiger charge is -2.46. The molecule has 0 fully saturated rings. The van der Waals surface area contributed by atoms with E-state index < -0.39 is 17.0 Å². The number of carbonyl (C=O) groups excluding carboxylic acids is 2. The molecule has 0 aromatic heterocycles. The standard InChI is InChI=1S/C27H30O4/c1-18(14-25(29)31-5)12-13-27(30)19(2)23(24(28)17-26(27,3)4)16-20-10-11-21-8-6-7-9-22(21)15-20/h6-15,30H,16-17H2,1-5H3/b13-12+,18-14-/t27-/m1/s1. The van der Waals surface area contributed by atoms with Crippen molar-refractivity contribution in [3.63, 3.8) is 0 Å². The Hall–Kier alpha value is -2.98. The molecule has 0 saturated carbocycles. The zero-order valence-electron chi connectivity index (χ0n) is 18.9. The van der Waals surface area contributed by atoms with E-state index in [2.05, 4.69) is 29.0 Å². The van der Waals surface area contributed by atoms with Crippen LogP contribution in [0.3, 0.4) is 0 Å². The quantitative estimate of drug-likeness (QED) is 0.417. The minimum Gasteiger partial charge on any atom is -0.466 e. The highest BCUT2D eigenvalue weighted by Crippen LogP contribution is 2.47. The smallest absolute Gasteiger partial charge is 0.330 e. The third-order valence-corrected chi connectivity index (χ3v) is 6.32. The van der Waals surface area contributed by atoms with E-state index in [-0.39, 0.29) is 12.2 Å². The maximum atomic E-state index is 13.0. The number of Topliss-reactive ketones (excluding diaryl/α,β-unsaturated/α-hetero) is 1.